The van der Waals surface area contributed by atoms with Gasteiger partial charge in [-0.25, -0.2) is 4.79 Å². The van der Waals surface area contributed by atoms with Gasteiger partial charge in [0.1, 0.15) is 25.9 Å². The van der Waals surface area contributed by atoms with Crippen LogP contribution in [0.5, 0.6) is 0 Å². The number of hydrogen-bond acceptors (Lipinski definition) is 13. The number of nitrogens with one attached hydrogen (secondary N) is 1. The number of amides is 1. The van der Waals surface area contributed by atoms with E-state index in [-0.39, 0.29) is 51.0 Å². The Morgan fingerprint density at radius 2 is 0.697 bits per heavy atom. The van der Waals surface area contributed by atoms with E-state index in [4.69, 9.17) is 28.4 Å². The summed E-state index contributed by atoms with van der Waals surface area (Å²) >= 11 is 0. The maximum Gasteiger partial charge on any atom is 0.407 e. The highest BCUT2D eigenvalue weighted by molar-refractivity contribution is 5.71. The molecule has 0 aromatic heterocycles. The molecule has 0 radical (unpaired) electrons. The molecule has 522 valence electrons. The number of unbranched alkanes of at least 4 members (excludes halogenated alkanes) is 7. The third-order valence-corrected chi connectivity index (χ3v) is 18.5. The first-order valence-electron chi connectivity index (χ1n) is 37.2. The van der Waals surface area contributed by atoms with Gasteiger partial charge in [0, 0.05) is 45.2 Å². The number of ether oxygens (including phenoxy) is 6. The van der Waals surface area contributed by atoms with E-state index in [1.54, 1.807) is 0 Å². The van der Waals surface area contributed by atoms with Crippen LogP contribution in [0.15, 0.2) is 0 Å². The molecule has 1 rings (SSSR count). The van der Waals surface area contributed by atoms with E-state index in [1.165, 1.54) is 116 Å². The van der Waals surface area contributed by atoms with Crippen molar-refractivity contribution in [3.05, 3.63) is 0 Å². The molecule has 1 heterocycles. The van der Waals surface area contributed by atoms with Gasteiger partial charge in [-0.05, 0) is 131 Å². The molecule has 14 nitrogen and oxygen atoms in total. The van der Waals surface area contributed by atoms with Crippen LogP contribution in [0.25, 0.3) is 0 Å². The summed E-state index contributed by atoms with van der Waals surface area (Å²) in [6, 6.07) is 0. The number of esters is 5. The molecule has 1 saturated heterocycles. The smallest absolute Gasteiger partial charge is 0.407 e. The van der Waals surface area contributed by atoms with Crippen LogP contribution in [-0.4, -0.2) is 106 Å². The average Bonchev–Trinajstić information content (AvgIpc) is 4.16. The fourth-order valence-corrected chi connectivity index (χ4v) is 12.0. The lowest BCUT2D eigenvalue weighted by Crippen LogP contribution is -2.35. The second kappa shape index (κ2) is 56.1. The number of carbonyl (C=O) groups excluding carboxylic acids is 6. The van der Waals surface area contributed by atoms with Crippen molar-refractivity contribution in [3.63, 3.8) is 0 Å². The summed E-state index contributed by atoms with van der Waals surface area (Å²) in [4.78, 5) is 79.2. The van der Waals surface area contributed by atoms with Gasteiger partial charge in [-0.15, -0.1) is 0 Å². The van der Waals surface area contributed by atoms with Crippen LogP contribution in [0.2, 0.25) is 0 Å². The minimum atomic E-state index is -0.600. The Morgan fingerprint density at radius 1 is 0.360 bits per heavy atom. The summed E-state index contributed by atoms with van der Waals surface area (Å²) in [7, 11) is 0. The zero-order valence-corrected chi connectivity index (χ0v) is 59.6. The second-order valence-corrected chi connectivity index (χ2v) is 28.9. The van der Waals surface area contributed by atoms with Gasteiger partial charge in [-0.1, -0.05) is 224 Å². The van der Waals surface area contributed by atoms with E-state index in [0.717, 1.165) is 107 Å². The van der Waals surface area contributed by atoms with Crippen molar-refractivity contribution in [3.8, 4) is 0 Å². The van der Waals surface area contributed by atoms with Crippen molar-refractivity contribution in [2.24, 2.45) is 53.3 Å². The SMILES string of the molecule is CCCCCCC(CCC(=O)OCC(COC(=O)CCCCCC(=O)OCCC(C)CCCC(C)CCCC(C)CCCC(C)C)COC(=O)CCCCCC(=O)OCCC(C)CCCC(C)CCCC(C)CCCC(C)C)OC(=O)NCCN1CCCC1. The van der Waals surface area contributed by atoms with Gasteiger partial charge in [-0.2, -0.15) is 0 Å². The number of hydrogen-bond donors (Lipinski definition) is 1. The third kappa shape index (κ3) is 53.8. The summed E-state index contributed by atoms with van der Waals surface area (Å²) in [5.41, 5.74) is 0. The highest BCUT2D eigenvalue weighted by Gasteiger charge is 2.22. The maximum absolute atomic E-state index is 13.2. The lowest BCUT2D eigenvalue weighted by molar-refractivity contribution is -0.154. The summed E-state index contributed by atoms with van der Waals surface area (Å²) in [5.74, 6) is 3.44. The molecule has 0 aromatic carbocycles. The van der Waals surface area contributed by atoms with Crippen LogP contribution in [0.1, 0.15) is 327 Å². The molecule has 0 bridgehead atoms. The topological polar surface area (TPSA) is 173 Å². The van der Waals surface area contributed by atoms with Gasteiger partial charge >= 0.3 is 35.9 Å². The first kappa shape index (κ1) is 83.6. The molecular formula is C75H140N2O12. The molecule has 0 spiro atoms. The molecule has 1 amide bonds. The van der Waals surface area contributed by atoms with E-state index in [9.17, 15) is 28.8 Å². The third-order valence-electron chi connectivity index (χ3n) is 18.5. The maximum atomic E-state index is 13.2. The second-order valence-electron chi connectivity index (χ2n) is 28.9. The van der Waals surface area contributed by atoms with Gasteiger partial charge in [0.2, 0.25) is 0 Å². The van der Waals surface area contributed by atoms with Crippen molar-refractivity contribution in [1.29, 1.82) is 0 Å². The normalized spacial score (nSPS) is 15.4. The van der Waals surface area contributed by atoms with E-state index in [1.807, 2.05) is 0 Å². The molecule has 1 N–H and O–H groups in total. The quantitative estimate of drug-likeness (QED) is 0.0347. The predicted octanol–water partition coefficient (Wildman–Crippen LogP) is 19.1. The van der Waals surface area contributed by atoms with Gasteiger partial charge in [0.15, 0.2) is 0 Å². The van der Waals surface area contributed by atoms with Crippen LogP contribution in [0.4, 0.5) is 4.79 Å². The molecule has 1 aliphatic rings. The Kier molecular flexibility index (Phi) is 52.7. The predicted molar refractivity (Wildman–Crippen MR) is 363 cm³/mol. The zero-order valence-electron chi connectivity index (χ0n) is 59.6. The van der Waals surface area contributed by atoms with E-state index in [0.29, 0.717) is 95.8 Å². The molecule has 0 aliphatic carbocycles. The highest BCUT2D eigenvalue weighted by atomic mass is 16.6. The zero-order chi connectivity index (χ0) is 65.7. The van der Waals surface area contributed by atoms with E-state index >= 15 is 0 Å². The van der Waals surface area contributed by atoms with Crippen LogP contribution in [-0.2, 0) is 52.4 Å². The fraction of sp³-hybridized carbons (Fsp3) is 0.920. The van der Waals surface area contributed by atoms with Crippen molar-refractivity contribution in [1.82, 2.24) is 10.2 Å². The highest BCUT2D eigenvalue weighted by Crippen LogP contribution is 2.25. The average molecular weight is 1260 g/mol. The van der Waals surface area contributed by atoms with Crippen molar-refractivity contribution >= 4 is 35.9 Å². The Morgan fingerprint density at radius 3 is 1.07 bits per heavy atom. The molecule has 1 fully saturated rings. The minimum absolute atomic E-state index is 0.0291. The van der Waals surface area contributed by atoms with Crippen LogP contribution in [0.3, 0.4) is 0 Å². The fourth-order valence-electron chi connectivity index (χ4n) is 12.0. The Hall–Kier alpha value is -3.42. The van der Waals surface area contributed by atoms with Crippen LogP contribution < -0.4 is 5.32 Å². The van der Waals surface area contributed by atoms with Gasteiger partial charge in [0.05, 0.1) is 19.1 Å². The number of nitrogens with zero attached hydrogens (tertiary/aromatic N) is 1. The number of likely N-dealkylation sites (tertiary alicyclic amines) is 1. The Bertz CT molecular complexity index is 1670. The number of alkyl carbamates (subject to hydrolysis) is 1. The van der Waals surface area contributed by atoms with Gasteiger partial charge < -0.3 is 38.6 Å². The molecule has 0 aromatic rings. The first-order chi connectivity index (χ1) is 42.7. The Labute approximate surface area is 546 Å². The van der Waals surface area contributed by atoms with Gasteiger partial charge in [0.25, 0.3) is 0 Å². The lowest BCUT2D eigenvalue weighted by atomic mass is 9.91. The summed E-state index contributed by atoms with van der Waals surface area (Å²) in [6.45, 7) is 29.4. The van der Waals surface area contributed by atoms with E-state index < -0.39 is 36.0 Å². The van der Waals surface area contributed by atoms with Gasteiger partial charge in [-0.3, -0.25) is 24.0 Å². The molecule has 0 saturated carbocycles. The monoisotopic (exact) mass is 1260 g/mol. The largest absolute Gasteiger partial charge is 0.466 e. The standard InChI is InChI=1S/C75H140N2O12/c1-12-13-14-17-42-69(89-75(83)76-51-54-77-52-22-23-53-77)47-48-74(82)88-59-68(57-86-72(80)45-20-15-18-43-70(78)84-55-49-66(10)40-28-38-64(8)36-26-34-62(6)32-24-30-60(2)3)58-87-73(81)46-21-16-19-44-71(79)85-56-50-67(11)41-29-39-65(9)37-27-35-63(7)33-25-31-61(4)5/h60-69H,12-59H2,1-11H3,(H,76,83). The van der Waals surface area contributed by atoms with Crippen molar-refractivity contribution < 1.29 is 57.2 Å². The molecule has 7 atom stereocenters. The summed E-state index contributed by atoms with van der Waals surface area (Å²) in [5, 5.41) is 2.87. The number of carbonyl (C=O) groups is 6. The summed E-state index contributed by atoms with van der Waals surface area (Å²) < 4.78 is 33.9. The molecule has 14 heteroatoms. The molecule has 1 aliphatic heterocycles. The lowest BCUT2D eigenvalue weighted by Gasteiger charge is -2.20. The minimum Gasteiger partial charge on any atom is -0.466 e. The van der Waals surface area contributed by atoms with Crippen LogP contribution in [0, 0.1) is 53.3 Å². The number of rotatable bonds is 60. The van der Waals surface area contributed by atoms with E-state index in [2.05, 4.69) is 86.4 Å². The van der Waals surface area contributed by atoms with Crippen molar-refractivity contribution in [2.45, 2.75) is 333 Å². The first-order valence-corrected chi connectivity index (χ1v) is 37.2. The Balaban J connectivity index is 2.53. The molecule has 89 heavy (non-hydrogen) atoms. The van der Waals surface area contributed by atoms with Crippen molar-refractivity contribution in [2.75, 3.05) is 59.2 Å². The summed E-state index contributed by atoms with van der Waals surface area (Å²) in [6.07, 6.45) is 36.0. The molecular weight excluding hydrogens is 1120 g/mol. The molecule has 7 unspecified atom stereocenters. The van der Waals surface area contributed by atoms with Crippen LogP contribution >= 0.6 is 0 Å².